The Labute approximate surface area is 126 Å². The number of carbonyl (C=O) groups excluding carboxylic acids is 2. The highest BCUT2D eigenvalue weighted by atomic mass is 16.5. The predicted molar refractivity (Wildman–Crippen MR) is 75.2 cm³/mol. The maximum absolute atomic E-state index is 12.1. The standard InChI is InChI=1S/C14H16N2O6/c1-3-22-13(20)10-6(2)15-14(21)16-11(10)7-4-8(17)12(19)9(18)5-7/h4-5,11,17-19H,3H2,1-2H3,(H2,15,16,21). The molecule has 0 bridgehead atoms. The van der Waals surface area contributed by atoms with Crippen LogP contribution >= 0.6 is 0 Å². The van der Waals surface area contributed by atoms with Crippen LogP contribution in [0.15, 0.2) is 23.4 Å². The van der Waals surface area contributed by atoms with Gasteiger partial charge < -0.3 is 30.7 Å². The molecule has 8 nitrogen and oxygen atoms in total. The molecule has 118 valence electrons. The van der Waals surface area contributed by atoms with E-state index in [-0.39, 0.29) is 17.7 Å². The van der Waals surface area contributed by atoms with Crippen LogP contribution in [0.5, 0.6) is 17.2 Å². The highest BCUT2D eigenvalue weighted by molar-refractivity contribution is 5.95. The van der Waals surface area contributed by atoms with Crippen LogP contribution in [0, 0.1) is 0 Å². The molecule has 1 unspecified atom stereocenters. The minimum atomic E-state index is -0.926. The fourth-order valence-corrected chi connectivity index (χ4v) is 2.22. The lowest BCUT2D eigenvalue weighted by Gasteiger charge is -2.28. The van der Waals surface area contributed by atoms with Gasteiger partial charge in [-0.25, -0.2) is 9.59 Å². The number of urea groups is 1. The van der Waals surface area contributed by atoms with Crippen LogP contribution in [0.25, 0.3) is 0 Å². The van der Waals surface area contributed by atoms with Crippen molar-refractivity contribution in [3.8, 4) is 17.2 Å². The molecule has 1 heterocycles. The number of hydrogen-bond acceptors (Lipinski definition) is 6. The first-order valence-electron chi connectivity index (χ1n) is 6.55. The van der Waals surface area contributed by atoms with Gasteiger partial charge in [-0.15, -0.1) is 0 Å². The van der Waals surface area contributed by atoms with Crippen LogP contribution in [0.2, 0.25) is 0 Å². The van der Waals surface area contributed by atoms with E-state index in [1.54, 1.807) is 6.92 Å². The maximum atomic E-state index is 12.1. The summed E-state index contributed by atoms with van der Waals surface area (Å²) in [7, 11) is 0. The van der Waals surface area contributed by atoms with E-state index in [2.05, 4.69) is 10.6 Å². The van der Waals surface area contributed by atoms with Gasteiger partial charge in [-0.1, -0.05) is 0 Å². The summed E-state index contributed by atoms with van der Waals surface area (Å²) in [5.41, 5.74) is 0.676. The molecular formula is C14H16N2O6. The van der Waals surface area contributed by atoms with E-state index in [1.807, 2.05) is 0 Å². The summed E-state index contributed by atoms with van der Waals surface area (Å²) in [6, 6.07) is 0.836. The van der Waals surface area contributed by atoms with Crippen LogP contribution in [0.1, 0.15) is 25.5 Å². The second kappa shape index (κ2) is 5.84. The molecule has 1 aliphatic rings. The van der Waals surface area contributed by atoms with Crippen molar-refractivity contribution in [1.29, 1.82) is 0 Å². The Morgan fingerprint density at radius 2 is 1.86 bits per heavy atom. The minimum Gasteiger partial charge on any atom is -0.504 e. The van der Waals surface area contributed by atoms with E-state index < -0.39 is 35.3 Å². The molecular weight excluding hydrogens is 292 g/mol. The fourth-order valence-electron chi connectivity index (χ4n) is 2.22. The molecule has 1 aromatic carbocycles. The number of carbonyl (C=O) groups is 2. The summed E-state index contributed by atoms with van der Waals surface area (Å²) in [6.07, 6.45) is 0. The average molecular weight is 308 g/mol. The molecule has 0 radical (unpaired) electrons. The predicted octanol–water partition coefficient (Wildman–Crippen LogP) is 0.994. The van der Waals surface area contributed by atoms with Gasteiger partial charge in [0.05, 0.1) is 18.2 Å². The van der Waals surface area contributed by atoms with Gasteiger partial charge in [0.25, 0.3) is 0 Å². The number of ether oxygens (including phenoxy) is 1. The molecule has 0 saturated carbocycles. The van der Waals surface area contributed by atoms with Gasteiger partial charge in [0.1, 0.15) is 0 Å². The number of benzene rings is 1. The highest BCUT2D eigenvalue weighted by Gasteiger charge is 2.33. The molecule has 2 amide bonds. The molecule has 1 aromatic rings. The first kappa shape index (κ1) is 15.5. The molecule has 5 N–H and O–H groups in total. The largest absolute Gasteiger partial charge is 0.504 e. The molecule has 1 atom stereocenters. The minimum absolute atomic E-state index is 0.144. The molecule has 0 saturated heterocycles. The molecule has 8 heteroatoms. The average Bonchev–Trinajstić information content (AvgIpc) is 2.43. The first-order chi connectivity index (χ1) is 10.3. The third-order valence-corrected chi connectivity index (χ3v) is 3.19. The molecule has 0 aromatic heterocycles. The van der Waals surface area contributed by atoms with Gasteiger partial charge in [0.2, 0.25) is 0 Å². The van der Waals surface area contributed by atoms with Gasteiger partial charge >= 0.3 is 12.0 Å². The van der Waals surface area contributed by atoms with Gasteiger partial charge in [-0.2, -0.15) is 0 Å². The van der Waals surface area contributed by atoms with Crippen molar-refractivity contribution in [2.45, 2.75) is 19.9 Å². The Morgan fingerprint density at radius 3 is 2.41 bits per heavy atom. The van der Waals surface area contributed by atoms with E-state index in [0.29, 0.717) is 5.70 Å². The van der Waals surface area contributed by atoms with E-state index in [0.717, 1.165) is 12.1 Å². The highest BCUT2D eigenvalue weighted by Crippen LogP contribution is 2.39. The van der Waals surface area contributed by atoms with E-state index in [1.165, 1.54) is 6.92 Å². The van der Waals surface area contributed by atoms with Crippen LogP contribution in [-0.2, 0) is 9.53 Å². The smallest absolute Gasteiger partial charge is 0.338 e. The number of phenols is 3. The van der Waals surface area contributed by atoms with Gasteiger partial charge in [0, 0.05) is 5.70 Å². The van der Waals surface area contributed by atoms with Crippen molar-refractivity contribution in [3.05, 3.63) is 29.0 Å². The monoisotopic (exact) mass is 308 g/mol. The van der Waals surface area contributed by atoms with Crippen molar-refractivity contribution in [3.63, 3.8) is 0 Å². The van der Waals surface area contributed by atoms with Gasteiger partial charge in [-0.3, -0.25) is 0 Å². The topological polar surface area (TPSA) is 128 Å². The van der Waals surface area contributed by atoms with Crippen LogP contribution in [0.3, 0.4) is 0 Å². The van der Waals surface area contributed by atoms with Crippen molar-refractivity contribution in [2.75, 3.05) is 6.61 Å². The van der Waals surface area contributed by atoms with Crippen molar-refractivity contribution >= 4 is 12.0 Å². The Morgan fingerprint density at radius 1 is 1.27 bits per heavy atom. The molecule has 2 rings (SSSR count). The maximum Gasteiger partial charge on any atom is 0.338 e. The van der Waals surface area contributed by atoms with Gasteiger partial charge in [-0.05, 0) is 31.5 Å². The zero-order chi connectivity index (χ0) is 16.4. The summed E-state index contributed by atoms with van der Waals surface area (Å²) in [5, 5.41) is 33.6. The van der Waals surface area contributed by atoms with E-state index in [9.17, 15) is 24.9 Å². The molecule has 0 fully saturated rings. The van der Waals surface area contributed by atoms with Crippen molar-refractivity contribution < 1.29 is 29.6 Å². The summed E-state index contributed by atoms with van der Waals surface area (Å²) in [5.74, 6) is -2.45. The molecule has 0 aliphatic carbocycles. The summed E-state index contributed by atoms with van der Waals surface area (Å²) in [4.78, 5) is 23.7. The second-order valence-corrected chi connectivity index (χ2v) is 4.70. The lowest BCUT2D eigenvalue weighted by Crippen LogP contribution is -2.45. The summed E-state index contributed by atoms with van der Waals surface area (Å²) >= 11 is 0. The normalized spacial score (nSPS) is 17.7. The Bertz CT molecular complexity index is 644. The number of esters is 1. The molecule has 0 spiro atoms. The van der Waals surface area contributed by atoms with Gasteiger partial charge in [0.15, 0.2) is 17.2 Å². The SMILES string of the molecule is CCOC(=O)C1=C(C)NC(=O)NC1c1cc(O)c(O)c(O)c1. The summed E-state index contributed by atoms with van der Waals surface area (Å²) < 4.78 is 4.96. The lowest BCUT2D eigenvalue weighted by molar-refractivity contribution is -0.139. The molecule has 22 heavy (non-hydrogen) atoms. The number of allylic oxidation sites excluding steroid dienone is 1. The Kier molecular flexibility index (Phi) is 4.11. The van der Waals surface area contributed by atoms with Crippen LogP contribution in [0.4, 0.5) is 4.79 Å². The van der Waals surface area contributed by atoms with E-state index >= 15 is 0 Å². The number of amides is 2. The Hall–Kier alpha value is -2.90. The molecule has 1 aliphatic heterocycles. The fraction of sp³-hybridized carbons (Fsp3) is 0.286. The number of nitrogens with one attached hydrogen (secondary N) is 2. The number of phenolic OH excluding ortho intramolecular Hbond substituents is 3. The number of rotatable bonds is 3. The summed E-state index contributed by atoms with van der Waals surface area (Å²) in [6.45, 7) is 3.34. The zero-order valence-electron chi connectivity index (χ0n) is 12.0. The third kappa shape index (κ3) is 2.76. The second-order valence-electron chi connectivity index (χ2n) is 4.70. The number of hydrogen-bond donors (Lipinski definition) is 5. The lowest BCUT2D eigenvalue weighted by atomic mass is 9.95. The van der Waals surface area contributed by atoms with E-state index in [4.69, 9.17) is 4.74 Å². The third-order valence-electron chi connectivity index (χ3n) is 3.19. The van der Waals surface area contributed by atoms with Crippen LogP contribution < -0.4 is 10.6 Å². The van der Waals surface area contributed by atoms with Crippen molar-refractivity contribution in [1.82, 2.24) is 10.6 Å². The Balaban J connectivity index is 2.52. The quantitative estimate of drug-likeness (QED) is 0.418. The number of aromatic hydroxyl groups is 3. The first-order valence-corrected chi connectivity index (χ1v) is 6.55. The zero-order valence-corrected chi connectivity index (χ0v) is 12.0. The van der Waals surface area contributed by atoms with Crippen molar-refractivity contribution in [2.24, 2.45) is 0 Å². The van der Waals surface area contributed by atoms with Crippen LogP contribution in [-0.4, -0.2) is 33.9 Å².